The van der Waals surface area contributed by atoms with E-state index >= 15 is 0 Å². The molecule has 0 saturated carbocycles. The Morgan fingerprint density at radius 1 is 0.826 bits per heavy atom. The molecule has 0 rings (SSSR count). The molecule has 0 fully saturated rings. The van der Waals surface area contributed by atoms with Gasteiger partial charge in [-0.1, -0.05) is 90.9 Å². The maximum Gasteiger partial charge on any atom is 0.445 e. The van der Waals surface area contributed by atoms with Crippen molar-refractivity contribution >= 4 is 18.5 Å². The second-order valence-electron chi connectivity index (χ2n) is 6.54. The molecule has 0 spiro atoms. The maximum atomic E-state index is 11.0. The normalized spacial score (nSPS) is 12.1. The van der Waals surface area contributed by atoms with Crippen LogP contribution in [0.3, 0.4) is 0 Å². The first-order chi connectivity index (χ1) is 11.2. The molecule has 4 heteroatoms. The SMILES string of the molecule is CCCCCCCCCCCCCCCC(CC)OC(=O)N=S. The summed E-state index contributed by atoms with van der Waals surface area (Å²) in [5.41, 5.74) is 0. The van der Waals surface area contributed by atoms with Crippen LogP contribution in [0.4, 0.5) is 4.79 Å². The number of unbranched alkanes of at least 4 members (excludes halogenated alkanes) is 12. The number of hydrogen-bond donors (Lipinski definition) is 0. The van der Waals surface area contributed by atoms with E-state index in [1.165, 1.54) is 77.0 Å². The van der Waals surface area contributed by atoms with E-state index < -0.39 is 6.09 Å². The lowest BCUT2D eigenvalue weighted by Crippen LogP contribution is -2.14. The monoisotopic (exact) mass is 343 g/mol. The standard InChI is InChI=1S/C19H37NO2S/c1-3-5-6-7-8-9-10-11-12-13-14-15-16-17-18(4-2)22-19(21)20-23/h18H,3-17H2,1-2H3. The predicted molar refractivity (Wildman–Crippen MR) is 101 cm³/mol. The van der Waals surface area contributed by atoms with Crippen LogP contribution in [0.25, 0.3) is 0 Å². The number of hydrogen-bond acceptors (Lipinski definition) is 3. The zero-order valence-corrected chi connectivity index (χ0v) is 16.2. The van der Waals surface area contributed by atoms with Crippen LogP contribution < -0.4 is 0 Å². The minimum atomic E-state index is -0.610. The van der Waals surface area contributed by atoms with Crippen molar-refractivity contribution in [2.24, 2.45) is 4.36 Å². The lowest BCUT2D eigenvalue weighted by molar-refractivity contribution is 0.0979. The topological polar surface area (TPSA) is 38.7 Å². The lowest BCUT2D eigenvalue weighted by Gasteiger charge is -2.13. The first-order valence-electron chi connectivity index (χ1n) is 9.78. The number of carbonyl (C=O) groups is 1. The Labute approximate surface area is 149 Å². The molecule has 3 nitrogen and oxygen atoms in total. The van der Waals surface area contributed by atoms with Crippen molar-refractivity contribution in [3.8, 4) is 0 Å². The highest BCUT2D eigenvalue weighted by Gasteiger charge is 2.10. The molecule has 1 atom stereocenters. The van der Waals surface area contributed by atoms with Gasteiger partial charge in [0.2, 0.25) is 0 Å². The summed E-state index contributed by atoms with van der Waals surface area (Å²) in [6, 6.07) is 0. The van der Waals surface area contributed by atoms with E-state index in [0.717, 1.165) is 19.3 Å². The van der Waals surface area contributed by atoms with Crippen LogP contribution in [0.1, 0.15) is 110 Å². The van der Waals surface area contributed by atoms with Gasteiger partial charge < -0.3 is 4.74 Å². The molecule has 0 heterocycles. The van der Waals surface area contributed by atoms with Crippen molar-refractivity contribution in [2.75, 3.05) is 0 Å². The molecule has 0 aromatic rings. The Kier molecular flexibility index (Phi) is 17.4. The quantitative estimate of drug-likeness (QED) is 0.280. The summed E-state index contributed by atoms with van der Waals surface area (Å²) < 4.78 is 8.26. The number of carbonyl (C=O) groups excluding carboxylic acids is 1. The van der Waals surface area contributed by atoms with Crippen molar-refractivity contribution in [3.63, 3.8) is 0 Å². The molecule has 136 valence electrons. The number of amides is 1. The fourth-order valence-electron chi connectivity index (χ4n) is 2.90. The minimum absolute atomic E-state index is 0.0121. The largest absolute Gasteiger partial charge is 0.445 e. The average molecular weight is 344 g/mol. The van der Waals surface area contributed by atoms with E-state index in [0.29, 0.717) is 0 Å². The Morgan fingerprint density at radius 3 is 1.65 bits per heavy atom. The van der Waals surface area contributed by atoms with Crippen molar-refractivity contribution in [3.05, 3.63) is 0 Å². The number of ether oxygens (including phenoxy) is 1. The van der Waals surface area contributed by atoms with Gasteiger partial charge in [0.1, 0.15) is 6.10 Å². The molecule has 1 unspecified atom stereocenters. The predicted octanol–water partition coefficient (Wildman–Crippen LogP) is 7.11. The minimum Gasteiger partial charge on any atom is -0.444 e. The van der Waals surface area contributed by atoms with Crippen LogP contribution in [-0.4, -0.2) is 12.2 Å². The molecule has 0 bridgehead atoms. The first kappa shape index (κ1) is 22.5. The van der Waals surface area contributed by atoms with E-state index in [4.69, 9.17) is 4.74 Å². The van der Waals surface area contributed by atoms with E-state index in [2.05, 4.69) is 23.7 Å². The molecule has 1 amide bonds. The highest BCUT2D eigenvalue weighted by atomic mass is 32.1. The van der Waals surface area contributed by atoms with Crippen LogP contribution in [0.2, 0.25) is 0 Å². The van der Waals surface area contributed by atoms with Gasteiger partial charge in [0.15, 0.2) is 0 Å². The Morgan fingerprint density at radius 2 is 1.26 bits per heavy atom. The van der Waals surface area contributed by atoms with Gasteiger partial charge in [-0.15, -0.1) is 4.36 Å². The molecule has 0 aromatic carbocycles. The van der Waals surface area contributed by atoms with Crippen molar-refractivity contribution in [2.45, 2.75) is 116 Å². The van der Waals surface area contributed by atoms with Gasteiger partial charge in [0, 0.05) is 12.4 Å². The van der Waals surface area contributed by atoms with Crippen molar-refractivity contribution in [1.82, 2.24) is 0 Å². The second-order valence-corrected chi connectivity index (χ2v) is 6.72. The van der Waals surface area contributed by atoms with Gasteiger partial charge in [-0.2, -0.15) is 0 Å². The van der Waals surface area contributed by atoms with Gasteiger partial charge in [-0.3, -0.25) is 0 Å². The van der Waals surface area contributed by atoms with Gasteiger partial charge >= 0.3 is 6.09 Å². The molecule has 0 radical (unpaired) electrons. The first-order valence-corrected chi connectivity index (χ1v) is 10.1. The Hall–Kier alpha value is -0.510. The fraction of sp³-hybridized carbons (Fsp3) is 0.947. The summed E-state index contributed by atoms with van der Waals surface area (Å²) in [6.07, 6.45) is 18.8. The van der Waals surface area contributed by atoms with Gasteiger partial charge in [0.05, 0.1) is 0 Å². The van der Waals surface area contributed by atoms with E-state index in [9.17, 15) is 4.79 Å². The highest BCUT2D eigenvalue weighted by molar-refractivity contribution is 7.47. The van der Waals surface area contributed by atoms with E-state index in [1.54, 1.807) is 0 Å². The van der Waals surface area contributed by atoms with Crippen LogP contribution >= 0.6 is 0 Å². The zero-order chi connectivity index (χ0) is 17.2. The number of nitrogens with zero attached hydrogens (tertiary/aromatic N) is 1. The van der Waals surface area contributed by atoms with Gasteiger partial charge in [-0.05, 0) is 19.3 Å². The summed E-state index contributed by atoms with van der Waals surface area (Å²) >= 11 is 4.33. The molecule has 0 N–H and O–H groups in total. The van der Waals surface area contributed by atoms with Crippen molar-refractivity contribution in [1.29, 1.82) is 0 Å². The molecule has 0 aliphatic carbocycles. The highest BCUT2D eigenvalue weighted by Crippen LogP contribution is 2.15. The summed E-state index contributed by atoms with van der Waals surface area (Å²) in [4.78, 5) is 11.0. The third-order valence-corrected chi connectivity index (χ3v) is 4.58. The second kappa shape index (κ2) is 17.8. The molecular formula is C19H37NO2S. The summed E-state index contributed by atoms with van der Waals surface area (Å²) in [6.45, 7) is 4.30. The third-order valence-electron chi connectivity index (χ3n) is 4.43. The van der Waals surface area contributed by atoms with Crippen LogP contribution in [0, 0.1) is 0 Å². The average Bonchev–Trinajstić information content (AvgIpc) is 2.57. The number of rotatable bonds is 16. The van der Waals surface area contributed by atoms with Gasteiger partial charge in [0.25, 0.3) is 0 Å². The van der Waals surface area contributed by atoms with E-state index in [1.807, 2.05) is 6.92 Å². The van der Waals surface area contributed by atoms with Crippen LogP contribution in [-0.2, 0) is 17.2 Å². The summed E-state index contributed by atoms with van der Waals surface area (Å²) in [5, 5.41) is 0. The molecule has 0 aliphatic rings. The van der Waals surface area contributed by atoms with Crippen LogP contribution in [0.5, 0.6) is 0 Å². The molecular weight excluding hydrogens is 306 g/mol. The molecule has 0 aromatic heterocycles. The van der Waals surface area contributed by atoms with Gasteiger partial charge in [-0.25, -0.2) is 4.79 Å². The summed E-state index contributed by atoms with van der Waals surface area (Å²) in [7, 11) is 0. The Balaban J connectivity index is 3.26. The Bertz CT molecular complexity index is 285. The fourth-order valence-corrected chi connectivity index (χ4v) is 2.94. The van der Waals surface area contributed by atoms with Crippen LogP contribution in [0.15, 0.2) is 4.36 Å². The zero-order valence-electron chi connectivity index (χ0n) is 15.4. The van der Waals surface area contributed by atoms with Crippen molar-refractivity contribution < 1.29 is 9.53 Å². The molecule has 0 aliphatic heterocycles. The molecule has 23 heavy (non-hydrogen) atoms. The molecule has 0 saturated heterocycles. The smallest absolute Gasteiger partial charge is 0.444 e. The third kappa shape index (κ3) is 16.1. The van der Waals surface area contributed by atoms with E-state index in [-0.39, 0.29) is 6.10 Å². The lowest BCUT2D eigenvalue weighted by atomic mass is 10.0. The summed E-state index contributed by atoms with van der Waals surface area (Å²) in [5.74, 6) is 0. The maximum absolute atomic E-state index is 11.0.